The van der Waals surface area contributed by atoms with Gasteiger partial charge in [-0.25, -0.2) is 0 Å². The summed E-state index contributed by atoms with van der Waals surface area (Å²) in [4.78, 5) is 15.9. The first-order chi connectivity index (χ1) is 7.27. The van der Waals surface area contributed by atoms with Gasteiger partial charge >= 0.3 is 0 Å². The molecule has 0 aromatic carbocycles. The second-order valence-electron chi connectivity index (χ2n) is 3.40. The van der Waals surface area contributed by atoms with Gasteiger partial charge in [-0.05, 0) is 19.1 Å². The number of halogens is 2. The molecule has 1 aliphatic rings. The summed E-state index contributed by atoms with van der Waals surface area (Å²) in [5, 5.41) is 6.00. The molecule has 0 radical (unpaired) electrons. The van der Waals surface area contributed by atoms with Crippen LogP contribution >= 0.6 is 36.6 Å². The summed E-state index contributed by atoms with van der Waals surface area (Å²) < 4.78 is 0. The fraction of sp³-hybridized carbons (Fsp3) is 0.400. The molecule has 0 aliphatic carbocycles. The first-order valence-corrected chi connectivity index (χ1v) is 5.96. The summed E-state index contributed by atoms with van der Waals surface area (Å²) in [7, 11) is 0. The van der Waals surface area contributed by atoms with E-state index in [1.54, 1.807) is 18.0 Å². The van der Waals surface area contributed by atoms with Crippen LogP contribution in [0.2, 0.25) is 0 Å². The molecule has 2 rings (SSSR count). The standard InChI is InChI=1S/C10H13N3OS.2ClH/c1-7-8(3-2-4-11-7)13-10(14)9-5-15-6-12-9;;/h2-4,9,12H,5-6H2,1H3,(H,13,14);2*1H. The van der Waals surface area contributed by atoms with E-state index in [1.807, 2.05) is 19.1 Å². The fourth-order valence-corrected chi connectivity index (χ4v) is 2.34. The number of carbonyl (C=O) groups excluding carboxylic acids is 1. The van der Waals surface area contributed by atoms with Crippen LogP contribution in [0.15, 0.2) is 18.3 Å². The number of aromatic nitrogens is 1. The van der Waals surface area contributed by atoms with Gasteiger partial charge in [-0.3, -0.25) is 15.1 Å². The van der Waals surface area contributed by atoms with Crippen molar-refractivity contribution < 1.29 is 4.79 Å². The lowest BCUT2D eigenvalue weighted by atomic mass is 10.2. The van der Waals surface area contributed by atoms with Crippen LogP contribution in [-0.4, -0.2) is 28.6 Å². The number of aryl methyl sites for hydroxylation is 1. The Morgan fingerprint density at radius 3 is 2.94 bits per heavy atom. The highest BCUT2D eigenvalue weighted by Gasteiger charge is 2.22. The lowest BCUT2D eigenvalue weighted by molar-refractivity contribution is -0.117. The van der Waals surface area contributed by atoms with Crippen molar-refractivity contribution >= 4 is 48.2 Å². The third-order valence-corrected chi connectivity index (χ3v) is 3.24. The molecule has 17 heavy (non-hydrogen) atoms. The van der Waals surface area contributed by atoms with Crippen molar-refractivity contribution in [2.75, 3.05) is 16.9 Å². The quantitative estimate of drug-likeness (QED) is 0.874. The number of nitrogens with zero attached hydrogens (tertiary/aromatic N) is 1. The lowest BCUT2D eigenvalue weighted by Gasteiger charge is -2.11. The van der Waals surface area contributed by atoms with Crippen molar-refractivity contribution in [2.45, 2.75) is 13.0 Å². The van der Waals surface area contributed by atoms with E-state index in [9.17, 15) is 4.79 Å². The van der Waals surface area contributed by atoms with Gasteiger partial charge in [0.25, 0.3) is 0 Å². The average molecular weight is 296 g/mol. The second kappa shape index (κ2) is 7.76. The van der Waals surface area contributed by atoms with Crippen LogP contribution < -0.4 is 10.6 Å². The van der Waals surface area contributed by atoms with E-state index in [-0.39, 0.29) is 36.8 Å². The average Bonchev–Trinajstić information content (AvgIpc) is 2.74. The summed E-state index contributed by atoms with van der Waals surface area (Å²) in [5.41, 5.74) is 1.64. The number of amides is 1. The van der Waals surface area contributed by atoms with Crippen molar-refractivity contribution in [3.63, 3.8) is 0 Å². The molecular weight excluding hydrogens is 281 g/mol. The Morgan fingerprint density at radius 2 is 2.35 bits per heavy atom. The van der Waals surface area contributed by atoms with Gasteiger partial charge < -0.3 is 5.32 Å². The van der Waals surface area contributed by atoms with E-state index in [1.165, 1.54) is 0 Å². The van der Waals surface area contributed by atoms with E-state index < -0.39 is 0 Å². The van der Waals surface area contributed by atoms with Gasteiger partial charge in [0, 0.05) is 17.8 Å². The van der Waals surface area contributed by atoms with Crippen LogP contribution in [0.25, 0.3) is 0 Å². The summed E-state index contributed by atoms with van der Waals surface area (Å²) in [6.07, 6.45) is 1.72. The molecule has 96 valence electrons. The number of hydrogen-bond donors (Lipinski definition) is 2. The molecule has 7 heteroatoms. The van der Waals surface area contributed by atoms with Crippen LogP contribution in [-0.2, 0) is 4.79 Å². The van der Waals surface area contributed by atoms with Gasteiger partial charge in [0.1, 0.15) is 0 Å². The third-order valence-electron chi connectivity index (χ3n) is 2.30. The normalized spacial score (nSPS) is 17.8. The van der Waals surface area contributed by atoms with Gasteiger partial charge in [0.05, 0.1) is 17.4 Å². The number of hydrogen-bond acceptors (Lipinski definition) is 4. The largest absolute Gasteiger partial charge is 0.323 e. The first-order valence-electron chi connectivity index (χ1n) is 4.81. The fourth-order valence-electron chi connectivity index (χ4n) is 1.40. The van der Waals surface area contributed by atoms with Crippen molar-refractivity contribution in [1.29, 1.82) is 0 Å². The first kappa shape index (κ1) is 16.5. The monoisotopic (exact) mass is 295 g/mol. The predicted octanol–water partition coefficient (Wildman–Crippen LogP) is 1.83. The van der Waals surface area contributed by atoms with Gasteiger partial charge in [-0.2, -0.15) is 0 Å². The maximum atomic E-state index is 11.8. The molecule has 0 spiro atoms. The molecule has 0 bridgehead atoms. The SMILES string of the molecule is Cc1ncccc1NC(=O)C1CSCN1.Cl.Cl. The second-order valence-corrected chi connectivity index (χ2v) is 4.43. The molecule has 2 N–H and O–H groups in total. The lowest BCUT2D eigenvalue weighted by Crippen LogP contribution is -2.37. The Kier molecular flexibility index (Phi) is 7.54. The Balaban J connectivity index is 0.00000128. The highest BCUT2D eigenvalue weighted by molar-refractivity contribution is 7.99. The summed E-state index contributed by atoms with van der Waals surface area (Å²) in [5.74, 6) is 1.71. The molecule has 1 aromatic heterocycles. The molecule has 1 unspecified atom stereocenters. The zero-order valence-electron chi connectivity index (χ0n) is 9.30. The minimum Gasteiger partial charge on any atom is -0.323 e. The molecule has 2 heterocycles. The van der Waals surface area contributed by atoms with E-state index in [4.69, 9.17) is 0 Å². The minimum absolute atomic E-state index is 0. The molecule has 1 aromatic rings. The van der Waals surface area contributed by atoms with Crippen molar-refractivity contribution in [3.05, 3.63) is 24.0 Å². The maximum Gasteiger partial charge on any atom is 0.242 e. The Labute approximate surface area is 117 Å². The number of carbonyl (C=O) groups is 1. The van der Waals surface area contributed by atoms with E-state index >= 15 is 0 Å². The van der Waals surface area contributed by atoms with Crippen LogP contribution in [0, 0.1) is 6.92 Å². The number of nitrogens with one attached hydrogen (secondary N) is 2. The summed E-state index contributed by atoms with van der Waals surface area (Å²) in [6, 6.07) is 3.61. The molecule has 1 atom stereocenters. The zero-order chi connectivity index (χ0) is 10.7. The molecule has 1 amide bonds. The highest BCUT2D eigenvalue weighted by Crippen LogP contribution is 2.14. The van der Waals surface area contributed by atoms with Crippen LogP contribution in [0.5, 0.6) is 0 Å². The number of thioether (sulfide) groups is 1. The topological polar surface area (TPSA) is 54.0 Å². The highest BCUT2D eigenvalue weighted by atomic mass is 35.5. The van der Waals surface area contributed by atoms with E-state index in [2.05, 4.69) is 15.6 Å². The van der Waals surface area contributed by atoms with E-state index in [0.29, 0.717) is 0 Å². The molecule has 1 aliphatic heterocycles. The van der Waals surface area contributed by atoms with Gasteiger partial charge in [-0.1, -0.05) is 0 Å². The van der Waals surface area contributed by atoms with Crippen LogP contribution in [0.3, 0.4) is 0 Å². The van der Waals surface area contributed by atoms with Crippen molar-refractivity contribution in [1.82, 2.24) is 10.3 Å². The molecular formula is C10H15Cl2N3OS. The van der Waals surface area contributed by atoms with Gasteiger partial charge in [0.15, 0.2) is 0 Å². The third kappa shape index (κ3) is 4.35. The summed E-state index contributed by atoms with van der Waals surface area (Å²) in [6.45, 7) is 1.88. The Morgan fingerprint density at radius 1 is 1.59 bits per heavy atom. The van der Waals surface area contributed by atoms with Crippen LogP contribution in [0.4, 0.5) is 5.69 Å². The molecule has 1 saturated heterocycles. The number of rotatable bonds is 2. The Bertz CT molecular complexity index is 372. The number of pyridine rings is 1. The van der Waals surface area contributed by atoms with Gasteiger partial charge in [-0.15, -0.1) is 36.6 Å². The van der Waals surface area contributed by atoms with E-state index in [0.717, 1.165) is 23.0 Å². The zero-order valence-corrected chi connectivity index (χ0v) is 11.8. The smallest absolute Gasteiger partial charge is 0.242 e. The molecule has 4 nitrogen and oxygen atoms in total. The maximum absolute atomic E-state index is 11.8. The summed E-state index contributed by atoms with van der Waals surface area (Å²) >= 11 is 1.74. The number of anilines is 1. The predicted molar refractivity (Wildman–Crippen MR) is 76.3 cm³/mol. The van der Waals surface area contributed by atoms with Crippen molar-refractivity contribution in [2.24, 2.45) is 0 Å². The minimum atomic E-state index is -0.0744. The van der Waals surface area contributed by atoms with Crippen molar-refractivity contribution in [3.8, 4) is 0 Å². The van der Waals surface area contributed by atoms with Gasteiger partial charge in [0.2, 0.25) is 5.91 Å². The van der Waals surface area contributed by atoms with Crippen LogP contribution in [0.1, 0.15) is 5.69 Å². The Hall–Kier alpha value is -0.490. The molecule has 1 fully saturated rings. The molecule has 0 saturated carbocycles.